The Morgan fingerprint density at radius 1 is 0.895 bits per heavy atom. The largest absolute Gasteiger partial charge is 0.480 e. The summed E-state index contributed by atoms with van der Waals surface area (Å²) < 4.78 is 0. The Morgan fingerprint density at radius 2 is 1.53 bits per heavy atom. The van der Waals surface area contributed by atoms with Gasteiger partial charge in [0.15, 0.2) is 0 Å². The van der Waals surface area contributed by atoms with E-state index in [4.69, 9.17) is 0 Å². The van der Waals surface area contributed by atoms with Crippen LogP contribution in [0.4, 0.5) is 11.4 Å². The Labute approximate surface area is 220 Å². The molecule has 9 heteroatoms. The first-order valence-corrected chi connectivity index (χ1v) is 12.5. The number of carbonyl (C=O) groups is 3. The topological polar surface area (TPSA) is 139 Å². The molecule has 0 unspecified atom stereocenters. The highest BCUT2D eigenvalue weighted by Crippen LogP contribution is 2.41. The van der Waals surface area contributed by atoms with Crippen molar-refractivity contribution in [3.8, 4) is 0 Å². The third-order valence-electron chi connectivity index (χ3n) is 7.03. The van der Waals surface area contributed by atoms with Crippen molar-refractivity contribution in [3.05, 3.63) is 106 Å². The van der Waals surface area contributed by atoms with Gasteiger partial charge in [-0.3, -0.25) is 19.7 Å². The fraction of sp³-hybridized carbons (Fsp3) is 0.276. The molecule has 0 spiro atoms. The Bertz CT molecular complexity index is 1320. The van der Waals surface area contributed by atoms with E-state index in [1.54, 1.807) is 30.3 Å². The van der Waals surface area contributed by atoms with Crippen LogP contribution in [-0.2, 0) is 22.4 Å². The first-order chi connectivity index (χ1) is 18.3. The van der Waals surface area contributed by atoms with E-state index in [1.807, 2.05) is 30.3 Å². The molecular formula is C29H29N3O6. The normalized spacial score (nSPS) is 14.8. The predicted molar refractivity (Wildman–Crippen MR) is 142 cm³/mol. The van der Waals surface area contributed by atoms with E-state index in [-0.39, 0.29) is 23.6 Å². The van der Waals surface area contributed by atoms with Crippen LogP contribution in [-0.4, -0.2) is 33.9 Å². The summed E-state index contributed by atoms with van der Waals surface area (Å²) in [6, 6.07) is 20.8. The minimum atomic E-state index is -1.13. The third-order valence-corrected chi connectivity index (χ3v) is 7.03. The van der Waals surface area contributed by atoms with E-state index in [1.165, 1.54) is 18.2 Å². The zero-order valence-electron chi connectivity index (χ0n) is 20.8. The van der Waals surface area contributed by atoms with Gasteiger partial charge in [-0.05, 0) is 48.6 Å². The highest BCUT2D eigenvalue weighted by molar-refractivity contribution is 6.07. The van der Waals surface area contributed by atoms with Gasteiger partial charge in [0.05, 0.1) is 10.3 Å². The summed E-state index contributed by atoms with van der Waals surface area (Å²) in [5, 5.41) is 26.4. The van der Waals surface area contributed by atoms with Gasteiger partial charge in [-0.2, -0.15) is 0 Å². The Hall–Kier alpha value is -4.53. The number of carbonyl (C=O) groups excluding carboxylic acids is 2. The van der Waals surface area contributed by atoms with Gasteiger partial charge in [0.25, 0.3) is 11.6 Å². The number of anilines is 1. The lowest BCUT2D eigenvalue weighted by Crippen LogP contribution is -2.49. The van der Waals surface area contributed by atoms with E-state index in [9.17, 15) is 29.6 Å². The van der Waals surface area contributed by atoms with Gasteiger partial charge in [0, 0.05) is 18.2 Å². The number of aliphatic carboxylic acids is 1. The van der Waals surface area contributed by atoms with Gasteiger partial charge in [-0.1, -0.05) is 67.4 Å². The van der Waals surface area contributed by atoms with Crippen LogP contribution in [0.5, 0.6) is 0 Å². The van der Waals surface area contributed by atoms with Gasteiger partial charge in [0.2, 0.25) is 5.91 Å². The van der Waals surface area contributed by atoms with Crippen LogP contribution in [0.3, 0.4) is 0 Å². The zero-order valence-corrected chi connectivity index (χ0v) is 20.8. The molecule has 3 aromatic rings. The van der Waals surface area contributed by atoms with Gasteiger partial charge in [0.1, 0.15) is 11.6 Å². The van der Waals surface area contributed by atoms with Crippen molar-refractivity contribution in [2.75, 3.05) is 5.32 Å². The van der Waals surface area contributed by atoms with Crippen molar-refractivity contribution < 1.29 is 24.4 Å². The molecule has 1 aliphatic rings. The second kappa shape index (κ2) is 11.7. The van der Waals surface area contributed by atoms with Gasteiger partial charge in [-0.25, -0.2) is 4.79 Å². The maximum atomic E-state index is 13.4. The lowest BCUT2D eigenvalue weighted by Gasteiger charge is -2.29. The molecule has 2 amide bonds. The SMILES string of the molecule is O=C(Nc1ccc(C[C@H](NC(=O)C2(Cc3ccccc3)CCCC2)C(=O)O)cc1)c1ccccc1[N+](=O)[O-]. The number of nitrogens with one attached hydrogen (secondary N) is 2. The number of nitro groups is 1. The minimum absolute atomic E-state index is 0.0634. The van der Waals surface area contributed by atoms with E-state index >= 15 is 0 Å². The number of hydrogen-bond donors (Lipinski definition) is 3. The summed E-state index contributed by atoms with van der Waals surface area (Å²) in [5.41, 5.74) is 1.13. The lowest BCUT2D eigenvalue weighted by molar-refractivity contribution is -0.385. The molecule has 0 aliphatic heterocycles. The number of hydrogen-bond acceptors (Lipinski definition) is 5. The number of rotatable bonds is 10. The van der Waals surface area contributed by atoms with E-state index in [0.717, 1.165) is 18.4 Å². The number of amides is 2. The predicted octanol–water partition coefficient (Wildman–Crippen LogP) is 4.76. The van der Waals surface area contributed by atoms with Crippen molar-refractivity contribution in [2.45, 2.75) is 44.6 Å². The second-order valence-electron chi connectivity index (χ2n) is 9.64. The van der Waals surface area contributed by atoms with Crippen molar-refractivity contribution in [1.82, 2.24) is 5.32 Å². The summed E-state index contributed by atoms with van der Waals surface area (Å²) in [4.78, 5) is 48.6. The average Bonchev–Trinajstić information content (AvgIpc) is 3.39. The number of benzene rings is 3. The molecular weight excluding hydrogens is 486 g/mol. The molecule has 38 heavy (non-hydrogen) atoms. The maximum absolute atomic E-state index is 13.4. The van der Waals surface area contributed by atoms with Crippen molar-refractivity contribution in [1.29, 1.82) is 0 Å². The van der Waals surface area contributed by atoms with Crippen molar-refractivity contribution in [2.24, 2.45) is 5.41 Å². The average molecular weight is 516 g/mol. The fourth-order valence-electron chi connectivity index (χ4n) is 5.02. The van der Waals surface area contributed by atoms with Crippen LogP contribution >= 0.6 is 0 Å². The quantitative estimate of drug-likeness (QED) is 0.263. The van der Waals surface area contributed by atoms with Crippen molar-refractivity contribution in [3.63, 3.8) is 0 Å². The molecule has 0 aromatic heterocycles. The number of carboxylic acid groups (broad SMARTS) is 1. The molecule has 0 radical (unpaired) electrons. The highest BCUT2D eigenvalue weighted by Gasteiger charge is 2.42. The number of nitro benzene ring substituents is 1. The first kappa shape index (κ1) is 26.5. The molecule has 1 fully saturated rings. The monoisotopic (exact) mass is 515 g/mol. The van der Waals surface area contributed by atoms with E-state index in [2.05, 4.69) is 10.6 Å². The maximum Gasteiger partial charge on any atom is 0.326 e. The standard InChI is InChI=1S/C29H29N3O6/c33-26(23-10-4-5-11-25(23)32(37)38)30-22-14-12-20(13-15-22)18-24(27(34)35)31-28(36)29(16-6-7-17-29)19-21-8-2-1-3-9-21/h1-5,8-15,24H,6-7,16-19H2,(H,30,33)(H,31,36)(H,34,35)/t24-/m0/s1. The molecule has 196 valence electrons. The fourth-order valence-corrected chi connectivity index (χ4v) is 5.02. The highest BCUT2D eigenvalue weighted by atomic mass is 16.6. The lowest BCUT2D eigenvalue weighted by atomic mass is 9.79. The Kier molecular flexibility index (Phi) is 8.15. The summed E-state index contributed by atoms with van der Waals surface area (Å²) in [6.07, 6.45) is 3.93. The van der Waals surface area contributed by atoms with Crippen molar-refractivity contribution >= 4 is 29.2 Å². The van der Waals surface area contributed by atoms with Gasteiger partial charge >= 0.3 is 5.97 Å². The Balaban J connectivity index is 1.42. The smallest absolute Gasteiger partial charge is 0.326 e. The number of nitrogens with zero attached hydrogens (tertiary/aromatic N) is 1. The molecule has 1 atom stereocenters. The molecule has 9 nitrogen and oxygen atoms in total. The Morgan fingerprint density at radius 3 is 2.16 bits per heavy atom. The molecule has 0 bridgehead atoms. The number of para-hydroxylation sites is 1. The van der Waals surface area contributed by atoms with Crippen LogP contribution in [0.25, 0.3) is 0 Å². The van der Waals surface area contributed by atoms with Gasteiger partial charge < -0.3 is 15.7 Å². The minimum Gasteiger partial charge on any atom is -0.480 e. The van der Waals surface area contributed by atoms with Crippen LogP contribution in [0.1, 0.15) is 47.2 Å². The molecule has 3 N–H and O–H groups in total. The van der Waals surface area contributed by atoms with Crippen LogP contribution in [0.15, 0.2) is 78.9 Å². The van der Waals surface area contributed by atoms with Crippen LogP contribution in [0.2, 0.25) is 0 Å². The summed E-state index contributed by atoms with van der Waals surface area (Å²) >= 11 is 0. The van der Waals surface area contributed by atoms with E-state index in [0.29, 0.717) is 30.5 Å². The summed E-state index contributed by atoms with van der Waals surface area (Å²) in [7, 11) is 0. The zero-order chi connectivity index (χ0) is 27.1. The first-order valence-electron chi connectivity index (χ1n) is 12.5. The number of carboxylic acids is 1. The van der Waals surface area contributed by atoms with Gasteiger partial charge in [-0.15, -0.1) is 0 Å². The molecule has 1 saturated carbocycles. The third kappa shape index (κ3) is 6.23. The molecule has 3 aromatic carbocycles. The molecule has 1 aliphatic carbocycles. The summed E-state index contributed by atoms with van der Waals surface area (Å²) in [6.45, 7) is 0. The summed E-state index contributed by atoms with van der Waals surface area (Å²) in [5.74, 6) is -1.99. The van der Waals surface area contributed by atoms with Crippen LogP contribution < -0.4 is 10.6 Å². The molecule has 0 heterocycles. The van der Waals surface area contributed by atoms with E-state index < -0.39 is 28.3 Å². The molecule has 4 rings (SSSR count). The molecule has 0 saturated heterocycles. The van der Waals surface area contributed by atoms with Crippen LogP contribution in [0, 0.1) is 15.5 Å². The second-order valence-corrected chi connectivity index (χ2v) is 9.64.